The molecule has 0 bridgehead atoms. The minimum absolute atomic E-state index is 0.00616. The van der Waals surface area contributed by atoms with Gasteiger partial charge in [0.1, 0.15) is 30.2 Å². The molecule has 1 aromatic carbocycles. The van der Waals surface area contributed by atoms with Gasteiger partial charge in [-0.25, -0.2) is 4.79 Å². The molecule has 16 nitrogen and oxygen atoms in total. The van der Waals surface area contributed by atoms with Crippen LogP contribution in [0.15, 0.2) is 30.3 Å². The van der Waals surface area contributed by atoms with E-state index in [1.165, 1.54) is 33.0 Å². The van der Waals surface area contributed by atoms with Gasteiger partial charge in [-0.05, 0) is 57.1 Å². The fourth-order valence-corrected chi connectivity index (χ4v) is 5.89. The van der Waals surface area contributed by atoms with Gasteiger partial charge in [0, 0.05) is 27.6 Å². The summed E-state index contributed by atoms with van der Waals surface area (Å²) in [7, 11) is 5.76. The molecule has 7 atom stereocenters. The van der Waals surface area contributed by atoms with Crippen molar-refractivity contribution >= 4 is 41.4 Å². The number of carbonyl (C=O) groups is 7. The lowest BCUT2D eigenvalue weighted by molar-refractivity contribution is -0.150. The van der Waals surface area contributed by atoms with Gasteiger partial charge in [-0.15, -0.1) is 0 Å². The zero-order valence-corrected chi connectivity index (χ0v) is 34.6. The Hall–Kier alpha value is -4.57. The molecule has 0 aliphatic rings. The predicted molar refractivity (Wildman–Crippen MR) is 208 cm³/mol. The van der Waals surface area contributed by atoms with Crippen LogP contribution in [0, 0.1) is 17.8 Å². The van der Waals surface area contributed by atoms with Gasteiger partial charge in [-0.1, -0.05) is 71.9 Å². The summed E-state index contributed by atoms with van der Waals surface area (Å²) in [6.07, 6.45) is -1.03. The second kappa shape index (κ2) is 22.7. The Labute approximate surface area is 326 Å². The fourth-order valence-electron chi connectivity index (χ4n) is 5.89. The Morgan fingerprint density at radius 2 is 1.15 bits per heavy atom. The molecule has 55 heavy (non-hydrogen) atoms. The third-order valence-corrected chi connectivity index (χ3v) is 9.56. The second-order valence-electron chi connectivity index (χ2n) is 15.4. The number of nitrogens with one attached hydrogen (secondary N) is 4. The van der Waals surface area contributed by atoms with Crippen LogP contribution in [0.25, 0.3) is 0 Å². The molecule has 0 spiro atoms. The number of carbonyl (C=O) groups excluding carboxylic acids is 6. The van der Waals surface area contributed by atoms with Crippen molar-refractivity contribution in [1.82, 2.24) is 36.0 Å². The summed E-state index contributed by atoms with van der Waals surface area (Å²) in [5.41, 5.74) is 0.680. The number of hydrogen-bond donors (Lipinski definition) is 6. The number of carboxylic acid groups (broad SMARTS) is 1. The second-order valence-corrected chi connectivity index (χ2v) is 15.4. The van der Waals surface area contributed by atoms with Crippen LogP contribution >= 0.6 is 0 Å². The third-order valence-electron chi connectivity index (χ3n) is 9.56. The largest absolute Gasteiger partial charge is 0.480 e. The standard InChI is InChI=1S/C39H65N7O9/c1-22(2)18-28(45(11)37(52)32(24(5)6)42-34(49)25(7)40-9)36(51)43-33(26(8)47)38(53)46(12)29(20-27-16-14-13-15-17-27)35(50)41-21-31(48)44(10)30(39(54)55)19-23(3)4/h13-17,22-26,28-30,32-33,40,47H,18-21H2,1-12H3,(H,41,50)(H,42,49)(H,43,51)(H,54,55)/t25-,26+,28-,29-,30-,32-,33-/m0/s1. The molecule has 6 amide bonds. The number of hydrogen-bond acceptors (Lipinski definition) is 9. The lowest BCUT2D eigenvalue weighted by Gasteiger charge is -2.36. The summed E-state index contributed by atoms with van der Waals surface area (Å²) in [6, 6.07) is 2.32. The smallest absolute Gasteiger partial charge is 0.326 e. The van der Waals surface area contributed by atoms with E-state index in [0.29, 0.717) is 5.56 Å². The van der Waals surface area contributed by atoms with E-state index in [4.69, 9.17) is 0 Å². The molecule has 0 fully saturated rings. The molecule has 0 aliphatic carbocycles. The molecule has 0 radical (unpaired) electrons. The summed E-state index contributed by atoms with van der Waals surface area (Å²) >= 11 is 0. The molecule has 1 aromatic rings. The number of nitrogens with zero attached hydrogens (tertiary/aromatic N) is 3. The van der Waals surface area contributed by atoms with Crippen LogP contribution in [0.1, 0.15) is 73.8 Å². The fraction of sp³-hybridized carbons (Fsp3) is 0.667. The Kier molecular flexibility index (Phi) is 20.0. The monoisotopic (exact) mass is 775 g/mol. The Morgan fingerprint density at radius 3 is 1.62 bits per heavy atom. The molecule has 310 valence electrons. The van der Waals surface area contributed by atoms with E-state index in [1.54, 1.807) is 58.2 Å². The summed E-state index contributed by atoms with van der Waals surface area (Å²) < 4.78 is 0. The zero-order chi connectivity index (χ0) is 42.3. The number of aliphatic hydroxyl groups is 1. The van der Waals surface area contributed by atoms with Crippen LogP contribution in [-0.2, 0) is 40.0 Å². The van der Waals surface area contributed by atoms with Crippen molar-refractivity contribution in [3.05, 3.63) is 35.9 Å². The average Bonchev–Trinajstić information content (AvgIpc) is 3.12. The highest BCUT2D eigenvalue weighted by atomic mass is 16.4. The first-order valence-corrected chi connectivity index (χ1v) is 18.8. The maximum absolute atomic E-state index is 14.1. The molecule has 0 aromatic heterocycles. The topological polar surface area (TPSA) is 218 Å². The highest BCUT2D eigenvalue weighted by molar-refractivity contribution is 5.96. The summed E-state index contributed by atoms with van der Waals surface area (Å²) in [4.78, 5) is 96.7. The van der Waals surface area contributed by atoms with E-state index >= 15 is 0 Å². The van der Waals surface area contributed by atoms with Gasteiger partial charge < -0.3 is 46.2 Å². The number of aliphatic hydroxyl groups excluding tert-OH is 1. The molecule has 16 heteroatoms. The van der Waals surface area contributed by atoms with Crippen molar-refractivity contribution in [3.8, 4) is 0 Å². The van der Waals surface area contributed by atoms with Crippen LogP contribution in [0.2, 0.25) is 0 Å². The van der Waals surface area contributed by atoms with E-state index in [2.05, 4.69) is 21.3 Å². The first-order chi connectivity index (χ1) is 25.5. The summed E-state index contributed by atoms with van der Waals surface area (Å²) in [5, 5.41) is 31.3. The van der Waals surface area contributed by atoms with E-state index in [-0.39, 0.29) is 37.0 Å². The van der Waals surface area contributed by atoms with Gasteiger partial charge in [0.2, 0.25) is 35.4 Å². The number of amides is 6. The quantitative estimate of drug-likeness (QED) is 0.0965. The molecule has 0 heterocycles. The Bertz CT molecular complexity index is 1450. The van der Waals surface area contributed by atoms with Gasteiger partial charge in [0.05, 0.1) is 18.7 Å². The van der Waals surface area contributed by atoms with Crippen LogP contribution < -0.4 is 21.3 Å². The van der Waals surface area contributed by atoms with Gasteiger partial charge in [-0.2, -0.15) is 0 Å². The first-order valence-electron chi connectivity index (χ1n) is 18.8. The Balaban J connectivity index is 3.40. The van der Waals surface area contributed by atoms with Gasteiger partial charge >= 0.3 is 5.97 Å². The molecule has 1 rings (SSSR count). The highest BCUT2D eigenvalue weighted by Crippen LogP contribution is 2.17. The summed E-state index contributed by atoms with van der Waals surface area (Å²) in [6.45, 7) is 13.4. The summed E-state index contributed by atoms with van der Waals surface area (Å²) in [5.74, 6) is -5.39. The Morgan fingerprint density at radius 1 is 0.655 bits per heavy atom. The highest BCUT2D eigenvalue weighted by Gasteiger charge is 2.39. The first kappa shape index (κ1) is 48.4. The van der Waals surface area contributed by atoms with Crippen molar-refractivity contribution in [1.29, 1.82) is 0 Å². The molecule has 0 aliphatic heterocycles. The molecule has 6 N–H and O–H groups in total. The van der Waals surface area contributed by atoms with Crippen LogP contribution in [-0.4, -0.2) is 143 Å². The van der Waals surface area contributed by atoms with Gasteiger partial charge in [-0.3, -0.25) is 28.8 Å². The van der Waals surface area contributed by atoms with Crippen LogP contribution in [0.5, 0.6) is 0 Å². The normalized spacial score (nSPS) is 15.2. The predicted octanol–water partition coefficient (Wildman–Crippen LogP) is 0.617. The minimum Gasteiger partial charge on any atom is -0.480 e. The van der Waals surface area contributed by atoms with Crippen molar-refractivity contribution in [2.45, 2.75) is 117 Å². The van der Waals surface area contributed by atoms with Gasteiger partial charge in [0.25, 0.3) is 0 Å². The zero-order valence-electron chi connectivity index (χ0n) is 34.6. The van der Waals surface area contributed by atoms with E-state index in [1.807, 2.05) is 27.7 Å². The average molecular weight is 776 g/mol. The molecular formula is C39H65N7O9. The maximum atomic E-state index is 14.1. The molecule has 0 saturated heterocycles. The molecular weight excluding hydrogens is 710 g/mol. The van der Waals surface area contributed by atoms with Crippen molar-refractivity contribution in [2.75, 3.05) is 34.7 Å². The van der Waals surface area contributed by atoms with Crippen molar-refractivity contribution in [3.63, 3.8) is 0 Å². The van der Waals surface area contributed by atoms with Crippen molar-refractivity contribution < 1.29 is 43.8 Å². The SMILES string of the molecule is CN[C@@H](C)C(=O)N[C@H](C(=O)N(C)[C@@H](CC(C)C)C(=O)N[C@H](C(=O)N(C)[C@@H](Cc1ccccc1)C(=O)NCC(=O)N(C)[C@@H](CC(C)C)C(=O)O)[C@@H](C)O)C(C)C. The number of benzene rings is 1. The van der Waals surface area contributed by atoms with Crippen LogP contribution in [0.4, 0.5) is 0 Å². The van der Waals surface area contributed by atoms with E-state index < -0.39 is 90.3 Å². The molecule has 0 saturated carbocycles. The number of carboxylic acids is 1. The maximum Gasteiger partial charge on any atom is 0.326 e. The molecule has 0 unspecified atom stereocenters. The number of rotatable bonds is 22. The number of aliphatic carboxylic acids is 1. The third kappa shape index (κ3) is 14.9. The lowest BCUT2D eigenvalue weighted by atomic mass is 9.97. The van der Waals surface area contributed by atoms with Crippen molar-refractivity contribution in [2.24, 2.45) is 17.8 Å². The van der Waals surface area contributed by atoms with E-state index in [0.717, 1.165) is 9.80 Å². The minimum atomic E-state index is -1.54. The van der Waals surface area contributed by atoms with Crippen LogP contribution in [0.3, 0.4) is 0 Å². The van der Waals surface area contributed by atoms with Gasteiger partial charge in [0.15, 0.2) is 0 Å². The lowest BCUT2D eigenvalue weighted by Crippen LogP contribution is -2.62. The van der Waals surface area contributed by atoms with E-state index in [9.17, 15) is 43.8 Å². The number of likely N-dealkylation sites (N-methyl/N-ethyl adjacent to an activating group) is 4.